The highest BCUT2D eigenvalue weighted by molar-refractivity contribution is 7.99. The Morgan fingerprint density at radius 1 is 1.31 bits per heavy atom. The van der Waals surface area contributed by atoms with Crippen LogP contribution in [0.2, 0.25) is 0 Å². The first-order valence-corrected chi connectivity index (χ1v) is 12.2. The van der Waals surface area contributed by atoms with Gasteiger partial charge in [-0.2, -0.15) is 0 Å². The van der Waals surface area contributed by atoms with E-state index in [4.69, 9.17) is 17.1 Å². The second kappa shape index (κ2) is 10.5. The number of rotatable bonds is 10. The molecule has 194 valence electrons. The average molecular weight is 528 g/mol. The number of aromatic nitrogens is 5. The summed E-state index contributed by atoms with van der Waals surface area (Å²) in [5.41, 5.74) is -1.71. The molecule has 5 rings (SSSR count). The lowest BCUT2D eigenvalue weighted by atomic mass is 10.1. The van der Waals surface area contributed by atoms with Crippen LogP contribution in [0.1, 0.15) is 61.6 Å². The first-order chi connectivity index (χ1) is 20.8. The Bertz CT molecular complexity index is 1600. The van der Waals surface area contributed by atoms with E-state index < -0.39 is 67.0 Å². The van der Waals surface area contributed by atoms with Crippen LogP contribution in [0.3, 0.4) is 0 Å². The lowest BCUT2D eigenvalue weighted by Gasteiger charge is -2.17. The fraction of sp³-hybridized carbons (Fsp3) is 0.583. The summed E-state index contributed by atoms with van der Waals surface area (Å²) in [4.78, 5) is 8.83. The minimum Gasteiger partial charge on any atom is -0.394 e. The number of anilines is 1. The maximum absolute atomic E-state index is 14.6. The van der Waals surface area contributed by atoms with Gasteiger partial charge < -0.3 is 25.4 Å². The highest BCUT2D eigenvalue weighted by Crippen LogP contribution is 2.44. The summed E-state index contributed by atoms with van der Waals surface area (Å²) in [6.45, 7) is -3.67. The minimum atomic E-state index is -3.41. The summed E-state index contributed by atoms with van der Waals surface area (Å²) in [7, 11) is 0. The number of aliphatic hydroxyl groups excluding tert-OH is 2. The standard InChI is InChI=1S/C24H31FN6O4S/c1-3-8-36-24-27-22(26-16-10-14(16)13-5-4-12(2)15(25)9-13)19-23(28-24)31(30-29-19)17-11-18(35-7-6-32)21(34)20(17)33/h4-5,9,14,16-18,20-21,32-34H,3,6-8,10-11H2,1-2H3,(H,26,27,28)/t14-,16+,17+,18-,20-,21+/m0/s1/i4D,5D,6D2,7D2,8D2,9D. The molecule has 0 amide bonds. The van der Waals surface area contributed by atoms with Gasteiger partial charge in [0.1, 0.15) is 18.0 Å². The van der Waals surface area contributed by atoms with Gasteiger partial charge in [0.25, 0.3) is 0 Å². The molecular weight excluding hydrogens is 487 g/mol. The van der Waals surface area contributed by atoms with Crippen LogP contribution in [0.15, 0.2) is 23.3 Å². The zero-order chi connectivity index (χ0) is 33.4. The monoisotopic (exact) mass is 527 g/mol. The third-order valence-corrected chi connectivity index (χ3v) is 7.02. The van der Waals surface area contributed by atoms with Gasteiger partial charge in [0.05, 0.1) is 34.9 Å². The van der Waals surface area contributed by atoms with E-state index in [-0.39, 0.29) is 58.2 Å². The van der Waals surface area contributed by atoms with Crippen LogP contribution >= 0.6 is 11.8 Å². The average Bonchev–Trinajstić information content (AvgIpc) is 3.47. The van der Waals surface area contributed by atoms with E-state index in [0.717, 1.165) is 4.68 Å². The Hall–Kier alpha value is -2.38. The van der Waals surface area contributed by atoms with Gasteiger partial charge >= 0.3 is 0 Å². The molecule has 36 heavy (non-hydrogen) atoms. The summed E-state index contributed by atoms with van der Waals surface area (Å²) in [5, 5.41) is 42.3. The molecule has 2 saturated carbocycles. The Morgan fingerprint density at radius 3 is 2.92 bits per heavy atom. The van der Waals surface area contributed by atoms with E-state index in [2.05, 4.69) is 25.6 Å². The molecule has 0 bridgehead atoms. The van der Waals surface area contributed by atoms with Gasteiger partial charge in [-0.1, -0.05) is 36.0 Å². The van der Waals surface area contributed by atoms with Gasteiger partial charge in [-0.25, -0.2) is 19.0 Å². The van der Waals surface area contributed by atoms with Crippen LogP contribution in [-0.2, 0) is 4.74 Å². The van der Waals surface area contributed by atoms with Crippen molar-refractivity contribution >= 4 is 28.7 Å². The molecule has 3 aromatic rings. The molecule has 2 aliphatic carbocycles. The molecule has 0 unspecified atom stereocenters. The summed E-state index contributed by atoms with van der Waals surface area (Å²) in [6, 6.07) is -2.59. The quantitative estimate of drug-likeness (QED) is 0.229. The third kappa shape index (κ3) is 4.92. The molecule has 6 atom stereocenters. The number of ether oxygens (including phenoxy) is 1. The van der Waals surface area contributed by atoms with Crippen molar-refractivity contribution in [2.75, 3.05) is 24.1 Å². The van der Waals surface area contributed by atoms with Crippen molar-refractivity contribution in [1.29, 1.82) is 0 Å². The van der Waals surface area contributed by atoms with Crippen molar-refractivity contribution < 1.29 is 36.8 Å². The smallest absolute Gasteiger partial charge is 0.191 e. The predicted octanol–water partition coefficient (Wildman–Crippen LogP) is 2.18. The molecule has 0 saturated heterocycles. The van der Waals surface area contributed by atoms with Crippen LogP contribution < -0.4 is 5.32 Å². The van der Waals surface area contributed by atoms with E-state index in [9.17, 15) is 19.7 Å². The number of benzene rings is 1. The van der Waals surface area contributed by atoms with Gasteiger partial charge in [0.2, 0.25) is 0 Å². The number of halogens is 1. The van der Waals surface area contributed by atoms with Crippen LogP contribution in [0.5, 0.6) is 0 Å². The highest BCUT2D eigenvalue weighted by Gasteiger charge is 2.45. The predicted molar refractivity (Wildman–Crippen MR) is 133 cm³/mol. The minimum absolute atomic E-state index is 0.00804. The van der Waals surface area contributed by atoms with Crippen LogP contribution in [0.25, 0.3) is 11.2 Å². The van der Waals surface area contributed by atoms with E-state index in [1.54, 1.807) is 6.92 Å². The van der Waals surface area contributed by atoms with Gasteiger partial charge in [-0.15, -0.1) is 5.10 Å². The zero-order valence-corrected chi connectivity index (χ0v) is 20.2. The van der Waals surface area contributed by atoms with Gasteiger partial charge in [-0.05, 0) is 36.9 Å². The topological polar surface area (TPSA) is 138 Å². The van der Waals surface area contributed by atoms with Crippen LogP contribution in [-0.4, -0.2) is 83.5 Å². The number of hydrogen-bond acceptors (Lipinski definition) is 10. The van der Waals surface area contributed by atoms with Crippen LogP contribution in [0, 0.1) is 12.7 Å². The Labute approximate surface area is 224 Å². The number of aliphatic hydroxyl groups is 3. The maximum atomic E-state index is 14.6. The van der Waals surface area contributed by atoms with Crippen molar-refractivity contribution in [1.82, 2.24) is 25.0 Å². The molecule has 1 aromatic carbocycles. The first kappa shape index (κ1) is 16.5. The van der Waals surface area contributed by atoms with Gasteiger partial charge in [-0.3, -0.25) is 0 Å². The molecule has 0 aliphatic heterocycles. The van der Waals surface area contributed by atoms with Crippen molar-refractivity contribution in [3.05, 3.63) is 35.1 Å². The third-order valence-electron chi connectivity index (χ3n) is 6.22. The first-order valence-electron chi connectivity index (χ1n) is 15.9. The van der Waals surface area contributed by atoms with Gasteiger partial charge in [0.15, 0.2) is 22.1 Å². The molecule has 0 radical (unpaired) electrons. The van der Waals surface area contributed by atoms with E-state index in [0.29, 0.717) is 18.2 Å². The van der Waals surface area contributed by atoms with Gasteiger partial charge in [0, 0.05) is 26.8 Å². The van der Waals surface area contributed by atoms with E-state index in [1.807, 2.05) is 0 Å². The summed E-state index contributed by atoms with van der Waals surface area (Å²) in [6.07, 6.45) is -4.62. The normalized spacial score (nSPS) is 32.4. The van der Waals surface area contributed by atoms with Crippen molar-refractivity contribution in [3.8, 4) is 0 Å². The molecular formula is C24H31FN6O4S. The second-order valence-electron chi connectivity index (χ2n) is 8.64. The highest BCUT2D eigenvalue weighted by atomic mass is 32.2. The Morgan fingerprint density at radius 2 is 2.14 bits per heavy atom. The summed E-state index contributed by atoms with van der Waals surface area (Å²) in [5.74, 6) is -1.28. The Balaban J connectivity index is 1.50. The summed E-state index contributed by atoms with van der Waals surface area (Å²) >= 11 is 0.709. The number of nitrogens with zero attached hydrogens (tertiary/aromatic N) is 5. The molecule has 2 fully saturated rings. The van der Waals surface area contributed by atoms with Crippen LogP contribution in [0.4, 0.5) is 10.2 Å². The second-order valence-corrected chi connectivity index (χ2v) is 9.49. The molecule has 2 aliphatic rings. The fourth-order valence-corrected chi connectivity index (χ4v) is 4.78. The number of nitrogens with one attached hydrogen (secondary N) is 1. The molecule has 0 spiro atoms. The lowest BCUT2D eigenvalue weighted by molar-refractivity contribution is -0.0629. The lowest BCUT2D eigenvalue weighted by Crippen LogP contribution is -2.33. The maximum Gasteiger partial charge on any atom is 0.191 e. The molecule has 12 heteroatoms. The van der Waals surface area contributed by atoms with E-state index >= 15 is 0 Å². The molecule has 4 N–H and O–H groups in total. The summed E-state index contributed by atoms with van der Waals surface area (Å²) < 4.78 is 91.8. The largest absolute Gasteiger partial charge is 0.394 e. The number of hydrogen-bond donors (Lipinski definition) is 4. The van der Waals surface area contributed by atoms with Crippen molar-refractivity contribution in [2.45, 2.75) is 74.6 Å². The van der Waals surface area contributed by atoms with Crippen molar-refractivity contribution in [3.63, 3.8) is 0 Å². The number of thioether (sulfide) groups is 1. The fourth-order valence-electron chi connectivity index (χ4n) is 4.24. The Kier molecular flexibility index (Phi) is 4.82. The van der Waals surface area contributed by atoms with Crippen molar-refractivity contribution in [2.24, 2.45) is 0 Å². The zero-order valence-electron chi connectivity index (χ0n) is 28.4. The SMILES string of the molecule is [2H]c1c([2H])c([C@@H]2C[C@H]2Nc2nc(SC([2H])([2H])CC)nc3c2nnn3[C@@H]2C[C@H](OC([2H])([2H])C([2H])([2H])O)[C@@H](O)[C@H]2O)c([2H])c(F)c1C. The molecule has 2 heterocycles. The number of fused-ring (bicyclic) bond motifs is 1. The van der Waals surface area contributed by atoms with E-state index in [1.165, 1.54) is 6.92 Å². The molecule has 2 aromatic heterocycles. The molecule has 10 nitrogen and oxygen atoms in total.